The highest BCUT2D eigenvalue weighted by Gasteiger charge is 2.23. The summed E-state index contributed by atoms with van der Waals surface area (Å²) in [4.78, 5) is 0. The van der Waals surface area contributed by atoms with Gasteiger partial charge in [0.2, 0.25) is 0 Å². The Kier molecular flexibility index (Phi) is 4.08. The van der Waals surface area contributed by atoms with E-state index >= 15 is 0 Å². The van der Waals surface area contributed by atoms with Gasteiger partial charge in [0.1, 0.15) is 0 Å². The Balaban J connectivity index is 1.77. The molecule has 1 N–H and O–H groups in total. The Morgan fingerprint density at radius 2 is 2.20 bits per heavy atom. The standard InChI is InChI=1S/C16H20ClN3/c1-20-11-12(9-19-20)8-13(10-18-14-6-7-14)15-4-2-3-5-16(15)17/h2-5,9,11,13-14,18H,6-8,10H2,1H3. The number of hydrogen-bond donors (Lipinski definition) is 1. The first-order chi connectivity index (χ1) is 9.72. The van der Waals surface area contributed by atoms with Crippen molar-refractivity contribution in [1.29, 1.82) is 0 Å². The lowest BCUT2D eigenvalue weighted by molar-refractivity contribution is 0.577. The number of nitrogens with zero attached hydrogens (tertiary/aromatic N) is 2. The minimum absolute atomic E-state index is 0.397. The maximum absolute atomic E-state index is 6.37. The van der Waals surface area contributed by atoms with Crippen LogP contribution < -0.4 is 5.32 Å². The predicted octanol–water partition coefficient (Wildman–Crippen LogP) is 3.15. The average molecular weight is 290 g/mol. The first-order valence-corrected chi connectivity index (χ1v) is 7.55. The third-order valence-electron chi connectivity index (χ3n) is 3.82. The van der Waals surface area contributed by atoms with E-state index in [1.165, 1.54) is 24.0 Å². The van der Waals surface area contributed by atoms with E-state index in [-0.39, 0.29) is 0 Å². The summed E-state index contributed by atoms with van der Waals surface area (Å²) in [5.74, 6) is 0.397. The highest BCUT2D eigenvalue weighted by molar-refractivity contribution is 6.31. The van der Waals surface area contributed by atoms with Gasteiger partial charge >= 0.3 is 0 Å². The van der Waals surface area contributed by atoms with Crippen LogP contribution in [-0.4, -0.2) is 22.4 Å². The van der Waals surface area contributed by atoms with Gasteiger partial charge in [0.05, 0.1) is 6.20 Å². The molecule has 0 spiro atoms. The van der Waals surface area contributed by atoms with Crippen LogP contribution in [0.15, 0.2) is 36.7 Å². The lowest BCUT2D eigenvalue weighted by Gasteiger charge is -2.18. The van der Waals surface area contributed by atoms with Crippen LogP contribution in [0.1, 0.15) is 29.9 Å². The smallest absolute Gasteiger partial charge is 0.0521 e. The molecule has 0 amide bonds. The van der Waals surface area contributed by atoms with Gasteiger partial charge in [-0.1, -0.05) is 29.8 Å². The molecule has 2 aromatic rings. The fraction of sp³-hybridized carbons (Fsp3) is 0.438. The van der Waals surface area contributed by atoms with Gasteiger partial charge < -0.3 is 5.32 Å². The molecule has 1 aliphatic rings. The van der Waals surface area contributed by atoms with Gasteiger partial charge in [-0.2, -0.15) is 5.10 Å². The molecule has 1 aromatic heterocycles. The molecule has 1 heterocycles. The molecule has 0 aliphatic heterocycles. The zero-order chi connectivity index (χ0) is 13.9. The zero-order valence-corrected chi connectivity index (χ0v) is 12.5. The summed E-state index contributed by atoms with van der Waals surface area (Å²) < 4.78 is 1.85. The summed E-state index contributed by atoms with van der Waals surface area (Å²) in [6, 6.07) is 8.88. The van der Waals surface area contributed by atoms with Gasteiger partial charge in [-0.25, -0.2) is 0 Å². The van der Waals surface area contributed by atoms with Gasteiger partial charge in [-0.3, -0.25) is 4.68 Å². The van der Waals surface area contributed by atoms with E-state index in [4.69, 9.17) is 11.6 Å². The molecule has 1 saturated carbocycles. The van der Waals surface area contributed by atoms with Crippen molar-refractivity contribution in [3.8, 4) is 0 Å². The molecular formula is C16H20ClN3. The second-order valence-electron chi connectivity index (χ2n) is 5.63. The van der Waals surface area contributed by atoms with Gasteiger partial charge in [-0.15, -0.1) is 0 Å². The Bertz CT molecular complexity index is 575. The van der Waals surface area contributed by atoms with E-state index in [1.807, 2.05) is 30.1 Å². The number of rotatable bonds is 6. The Labute approximate surface area is 124 Å². The van der Waals surface area contributed by atoms with E-state index < -0.39 is 0 Å². The van der Waals surface area contributed by atoms with E-state index in [0.717, 1.165) is 18.0 Å². The van der Waals surface area contributed by atoms with Crippen LogP contribution in [0.3, 0.4) is 0 Å². The van der Waals surface area contributed by atoms with Gasteiger partial charge in [0.15, 0.2) is 0 Å². The van der Waals surface area contributed by atoms with Gasteiger partial charge in [0.25, 0.3) is 0 Å². The fourth-order valence-corrected chi connectivity index (χ4v) is 2.85. The number of halogens is 1. The summed E-state index contributed by atoms with van der Waals surface area (Å²) in [6.45, 7) is 0.975. The van der Waals surface area contributed by atoms with Crippen LogP contribution in [-0.2, 0) is 13.5 Å². The van der Waals surface area contributed by atoms with Crippen molar-refractivity contribution in [1.82, 2.24) is 15.1 Å². The Morgan fingerprint density at radius 1 is 1.40 bits per heavy atom. The Hall–Kier alpha value is -1.32. The molecule has 1 unspecified atom stereocenters. The van der Waals surface area contributed by atoms with E-state index in [9.17, 15) is 0 Å². The summed E-state index contributed by atoms with van der Waals surface area (Å²) in [5, 5.41) is 8.74. The molecule has 1 aliphatic carbocycles. The van der Waals surface area contributed by atoms with E-state index in [0.29, 0.717) is 12.0 Å². The second-order valence-corrected chi connectivity index (χ2v) is 6.03. The molecule has 3 nitrogen and oxygen atoms in total. The van der Waals surface area contributed by atoms with E-state index in [2.05, 4.69) is 28.7 Å². The summed E-state index contributed by atoms with van der Waals surface area (Å²) in [6.07, 6.45) is 7.61. The molecule has 0 radical (unpaired) electrons. The van der Waals surface area contributed by atoms with Crippen LogP contribution in [0.4, 0.5) is 0 Å². The molecule has 1 fully saturated rings. The molecule has 20 heavy (non-hydrogen) atoms. The molecule has 3 rings (SSSR count). The van der Waals surface area contributed by atoms with Crippen LogP contribution in [0.25, 0.3) is 0 Å². The molecule has 4 heteroatoms. The van der Waals surface area contributed by atoms with Gasteiger partial charge in [0, 0.05) is 36.8 Å². The number of hydrogen-bond acceptors (Lipinski definition) is 2. The number of nitrogens with one attached hydrogen (secondary N) is 1. The minimum Gasteiger partial charge on any atom is -0.313 e. The summed E-state index contributed by atoms with van der Waals surface area (Å²) in [7, 11) is 1.95. The lowest BCUT2D eigenvalue weighted by Crippen LogP contribution is -2.25. The van der Waals surface area contributed by atoms with Crippen molar-refractivity contribution in [3.63, 3.8) is 0 Å². The molecule has 0 saturated heterocycles. The first kappa shape index (κ1) is 13.7. The largest absolute Gasteiger partial charge is 0.313 e. The number of aromatic nitrogens is 2. The topological polar surface area (TPSA) is 29.9 Å². The van der Waals surface area contributed by atoms with Crippen molar-refractivity contribution < 1.29 is 0 Å². The minimum atomic E-state index is 0.397. The third-order valence-corrected chi connectivity index (χ3v) is 4.16. The molecule has 0 bridgehead atoms. The highest BCUT2D eigenvalue weighted by atomic mass is 35.5. The fourth-order valence-electron chi connectivity index (χ4n) is 2.56. The van der Waals surface area contributed by atoms with Gasteiger partial charge in [-0.05, 0) is 36.5 Å². The van der Waals surface area contributed by atoms with Crippen LogP contribution in [0.5, 0.6) is 0 Å². The normalized spacial score (nSPS) is 16.3. The van der Waals surface area contributed by atoms with Crippen molar-refractivity contribution in [3.05, 3.63) is 52.8 Å². The van der Waals surface area contributed by atoms with Crippen molar-refractivity contribution in [2.75, 3.05) is 6.54 Å². The van der Waals surface area contributed by atoms with Crippen molar-refractivity contribution >= 4 is 11.6 Å². The zero-order valence-electron chi connectivity index (χ0n) is 11.7. The highest BCUT2D eigenvalue weighted by Crippen LogP contribution is 2.28. The lowest BCUT2D eigenvalue weighted by atomic mass is 9.93. The second kappa shape index (κ2) is 5.98. The monoisotopic (exact) mass is 289 g/mol. The number of aryl methyl sites for hydroxylation is 1. The first-order valence-electron chi connectivity index (χ1n) is 7.17. The maximum atomic E-state index is 6.37. The number of benzene rings is 1. The Morgan fingerprint density at radius 3 is 2.85 bits per heavy atom. The van der Waals surface area contributed by atoms with Crippen molar-refractivity contribution in [2.24, 2.45) is 7.05 Å². The van der Waals surface area contributed by atoms with E-state index in [1.54, 1.807) is 0 Å². The van der Waals surface area contributed by atoms with Crippen LogP contribution in [0, 0.1) is 0 Å². The summed E-state index contributed by atoms with van der Waals surface area (Å²) in [5.41, 5.74) is 2.49. The predicted molar refractivity (Wildman–Crippen MR) is 82.1 cm³/mol. The summed E-state index contributed by atoms with van der Waals surface area (Å²) >= 11 is 6.37. The van der Waals surface area contributed by atoms with Crippen molar-refractivity contribution in [2.45, 2.75) is 31.2 Å². The van der Waals surface area contributed by atoms with Crippen LogP contribution in [0.2, 0.25) is 5.02 Å². The van der Waals surface area contributed by atoms with Crippen LogP contribution >= 0.6 is 11.6 Å². The third kappa shape index (κ3) is 3.41. The maximum Gasteiger partial charge on any atom is 0.0521 e. The molecule has 1 aromatic carbocycles. The molecular weight excluding hydrogens is 270 g/mol. The average Bonchev–Trinajstić information content (AvgIpc) is 3.18. The molecule has 1 atom stereocenters. The quantitative estimate of drug-likeness (QED) is 0.885. The SMILES string of the molecule is Cn1cc(CC(CNC2CC2)c2ccccc2Cl)cn1. The molecule has 106 valence electrons.